The second-order valence-electron chi connectivity index (χ2n) is 7.79. The van der Waals surface area contributed by atoms with E-state index < -0.39 is 7.12 Å². The van der Waals surface area contributed by atoms with Gasteiger partial charge in [-0.25, -0.2) is 9.97 Å². The third-order valence-corrected chi connectivity index (χ3v) is 6.46. The Bertz CT molecular complexity index is 567. The normalized spacial score (nSPS) is 26.1. The number of aliphatic hydroxyl groups is 1. The molecule has 1 atom stereocenters. The molecule has 0 saturated carbocycles. The number of hydrogen-bond donors (Lipinski definition) is 1. The number of rotatable bonds is 5. The van der Waals surface area contributed by atoms with Crippen LogP contribution in [-0.4, -0.2) is 69.8 Å². The van der Waals surface area contributed by atoms with Gasteiger partial charge in [-0.15, -0.1) is 0 Å². The van der Waals surface area contributed by atoms with E-state index in [0.717, 1.165) is 43.1 Å². The molecule has 1 aromatic rings. The molecule has 0 spiro atoms. The molecule has 1 aromatic heterocycles. The number of β-amino-alcohol motifs (C(OH)–C–C–N with tert-alkyl or cyclic N) is 1. The van der Waals surface area contributed by atoms with Crippen molar-refractivity contribution >= 4 is 24.3 Å². The van der Waals surface area contributed by atoms with Gasteiger partial charge < -0.3 is 14.4 Å². The van der Waals surface area contributed by atoms with Crippen molar-refractivity contribution in [1.29, 1.82) is 0 Å². The van der Waals surface area contributed by atoms with E-state index in [0.29, 0.717) is 5.25 Å². The Morgan fingerprint density at radius 2 is 1.88 bits per heavy atom. The first-order valence-corrected chi connectivity index (χ1v) is 9.86. The van der Waals surface area contributed by atoms with Crippen molar-refractivity contribution in [1.82, 2.24) is 14.9 Å². The van der Waals surface area contributed by atoms with Crippen LogP contribution in [0.15, 0.2) is 17.6 Å². The van der Waals surface area contributed by atoms with Crippen LogP contribution >= 0.6 is 11.8 Å². The average Bonchev–Trinajstić information content (AvgIpc) is 2.77. The summed E-state index contributed by atoms with van der Waals surface area (Å²) in [5.41, 5.74) is 0.140. The van der Waals surface area contributed by atoms with E-state index in [9.17, 15) is 0 Å². The van der Waals surface area contributed by atoms with Crippen molar-refractivity contribution < 1.29 is 14.4 Å². The number of likely N-dealkylation sites (tertiary alicyclic amines) is 1. The van der Waals surface area contributed by atoms with Crippen LogP contribution in [0.2, 0.25) is 0 Å². The molecule has 0 radical (unpaired) electrons. The van der Waals surface area contributed by atoms with Crippen molar-refractivity contribution in [3.05, 3.63) is 12.4 Å². The summed E-state index contributed by atoms with van der Waals surface area (Å²) in [6, 6.07) is 0. The van der Waals surface area contributed by atoms with Gasteiger partial charge in [-0.2, -0.15) is 0 Å². The summed E-state index contributed by atoms with van der Waals surface area (Å²) in [5.74, 6) is 0. The van der Waals surface area contributed by atoms with Crippen LogP contribution in [0.1, 0.15) is 40.5 Å². The van der Waals surface area contributed by atoms with Crippen molar-refractivity contribution in [2.24, 2.45) is 0 Å². The summed E-state index contributed by atoms with van der Waals surface area (Å²) >= 11 is 1.72. The monoisotopic (exact) mass is 365 g/mol. The Kier molecular flexibility index (Phi) is 5.75. The van der Waals surface area contributed by atoms with Crippen LogP contribution in [0.5, 0.6) is 0 Å². The van der Waals surface area contributed by atoms with E-state index in [2.05, 4.69) is 14.9 Å². The van der Waals surface area contributed by atoms with E-state index in [1.165, 1.54) is 0 Å². The van der Waals surface area contributed by atoms with E-state index in [-0.39, 0.29) is 17.8 Å². The third-order valence-electron chi connectivity index (χ3n) is 5.32. The molecule has 0 amide bonds. The molecule has 2 fully saturated rings. The molecule has 3 rings (SSSR count). The van der Waals surface area contributed by atoms with Crippen LogP contribution in [0.3, 0.4) is 0 Å². The number of aromatic nitrogens is 2. The molecule has 1 N–H and O–H groups in total. The van der Waals surface area contributed by atoms with Gasteiger partial charge in [0.15, 0.2) is 5.16 Å². The summed E-state index contributed by atoms with van der Waals surface area (Å²) in [6.07, 6.45) is 5.94. The second kappa shape index (κ2) is 7.52. The van der Waals surface area contributed by atoms with Crippen molar-refractivity contribution in [3.8, 4) is 0 Å². The number of aliphatic hydroxyl groups excluding tert-OH is 1. The topological polar surface area (TPSA) is 67.7 Å². The van der Waals surface area contributed by atoms with Gasteiger partial charge in [0.05, 0.1) is 17.8 Å². The first-order chi connectivity index (χ1) is 11.8. The molecule has 8 heteroatoms. The van der Waals surface area contributed by atoms with Gasteiger partial charge in [0.2, 0.25) is 0 Å². The summed E-state index contributed by atoms with van der Waals surface area (Å²) in [4.78, 5) is 11.3. The van der Waals surface area contributed by atoms with Crippen molar-refractivity contribution in [2.75, 3.05) is 26.2 Å². The lowest BCUT2D eigenvalue weighted by Crippen LogP contribution is -2.41. The van der Waals surface area contributed by atoms with E-state index in [1.807, 2.05) is 40.1 Å². The number of thioether (sulfide) groups is 1. The highest BCUT2D eigenvalue weighted by Gasteiger charge is 2.51. The van der Waals surface area contributed by atoms with Crippen LogP contribution in [-0.2, 0) is 9.31 Å². The first kappa shape index (κ1) is 19.1. The highest BCUT2D eigenvalue weighted by Crippen LogP contribution is 2.36. The fraction of sp³-hybridized carbons (Fsp3) is 0.765. The summed E-state index contributed by atoms with van der Waals surface area (Å²) in [5, 5.41) is 10.4. The Morgan fingerprint density at radius 1 is 1.24 bits per heavy atom. The molecule has 0 aliphatic carbocycles. The Hall–Kier alpha value is -0.665. The number of hydrogen-bond acceptors (Lipinski definition) is 7. The quantitative estimate of drug-likeness (QED) is 0.624. The molecule has 6 nitrogen and oxygen atoms in total. The molecule has 25 heavy (non-hydrogen) atoms. The minimum absolute atomic E-state index is 0.219. The van der Waals surface area contributed by atoms with Gasteiger partial charge in [-0.1, -0.05) is 11.8 Å². The van der Waals surface area contributed by atoms with Gasteiger partial charge in [0.25, 0.3) is 0 Å². The largest absolute Gasteiger partial charge is 0.498 e. The maximum Gasteiger partial charge on any atom is 0.498 e. The molecule has 1 unspecified atom stereocenters. The Morgan fingerprint density at radius 3 is 2.48 bits per heavy atom. The van der Waals surface area contributed by atoms with Gasteiger partial charge in [-0.3, -0.25) is 4.90 Å². The maximum absolute atomic E-state index is 9.11. The molecular weight excluding hydrogens is 337 g/mol. The summed E-state index contributed by atoms with van der Waals surface area (Å²) < 4.78 is 12.1. The average molecular weight is 365 g/mol. The molecule has 3 heterocycles. The molecule has 0 aromatic carbocycles. The zero-order valence-electron chi connectivity index (χ0n) is 15.6. The zero-order chi connectivity index (χ0) is 18.1. The highest BCUT2D eigenvalue weighted by molar-refractivity contribution is 7.99. The Labute approximate surface area is 154 Å². The summed E-state index contributed by atoms with van der Waals surface area (Å²) in [7, 11) is -0.418. The highest BCUT2D eigenvalue weighted by atomic mass is 32.2. The minimum Gasteiger partial charge on any atom is -0.399 e. The van der Waals surface area contributed by atoms with Crippen LogP contribution < -0.4 is 5.46 Å². The lowest BCUT2D eigenvalue weighted by Gasteiger charge is -2.32. The minimum atomic E-state index is -0.418. The predicted molar refractivity (Wildman–Crippen MR) is 100 cm³/mol. The van der Waals surface area contributed by atoms with E-state index >= 15 is 0 Å². The molecular formula is C17H28BN3O3S. The number of nitrogens with zero attached hydrogens (tertiary/aromatic N) is 3. The SMILES string of the molecule is CC1(C)OB(c2cnc(SC3CCCN(CCO)C3)nc2)OC1(C)C. The first-order valence-electron chi connectivity index (χ1n) is 8.98. The van der Waals surface area contributed by atoms with Gasteiger partial charge in [0, 0.05) is 36.2 Å². The van der Waals surface area contributed by atoms with Gasteiger partial charge >= 0.3 is 7.12 Å². The molecule has 2 aliphatic rings. The second-order valence-corrected chi connectivity index (χ2v) is 9.06. The predicted octanol–water partition coefficient (Wildman–Crippen LogP) is 1.32. The molecule has 2 saturated heterocycles. The van der Waals surface area contributed by atoms with Crippen LogP contribution in [0.4, 0.5) is 0 Å². The smallest absolute Gasteiger partial charge is 0.399 e. The van der Waals surface area contributed by atoms with E-state index in [4.69, 9.17) is 14.4 Å². The van der Waals surface area contributed by atoms with Gasteiger partial charge in [0.1, 0.15) is 0 Å². The fourth-order valence-corrected chi connectivity index (χ4v) is 4.19. The third kappa shape index (κ3) is 4.36. The molecule has 2 aliphatic heterocycles. The Balaban J connectivity index is 1.60. The van der Waals surface area contributed by atoms with Crippen molar-refractivity contribution in [2.45, 2.75) is 62.1 Å². The zero-order valence-corrected chi connectivity index (χ0v) is 16.4. The lowest BCUT2D eigenvalue weighted by atomic mass is 9.81. The maximum atomic E-state index is 9.11. The van der Waals surface area contributed by atoms with Crippen LogP contribution in [0.25, 0.3) is 0 Å². The summed E-state index contributed by atoms with van der Waals surface area (Å²) in [6.45, 7) is 11.2. The lowest BCUT2D eigenvalue weighted by molar-refractivity contribution is 0.00578. The molecule has 0 bridgehead atoms. The van der Waals surface area contributed by atoms with E-state index in [1.54, 1.807) is 11.8 Å². The fourth-order valence-electron chi connectivity index (χ4n) is 3.09. The van der Waals surface area contributed by atoms with Gasteiger partial charge in [-0.05, 0) is 47.1 Å². The van der Waals surface area contributed by atoms with Crippen LogP contribution in [0, 0.1) is 0 Å². The van der Waals surface area contributed by atoms with Crippen molar-refractivity contribution in [3.63, 3.8) is 0 Å². The standard InChI is InChI=1S/C17H28BN3O3S/c1-16(2)17(3,4)24-18(23-16)13-10-19-15(20-11-13)25-14-6-5-7-21(12-14)8-9-22/h10-11,14,22H,5-9,12H2,1-4H3. The molecule has 138 valence electrons. The number of piperidine rings is 1.